The fraction of sp³-hybridized carbons (Fsp3) is 0.450. The molecule has 0 bridgehead atoms. The van der Waals surface area contributed by atoms with E-state index in [4.69, 9.17) is 0 Å². The van der Waals surface area contributed by atoms with Crippen molar-refractivity contribution in [2.45, 2.75) is 33.1 Å². The molecule has 1 aliphatic rings. The quantitative estimate of drug-likeness (QED) is 0.763. The van der Waals surface area contributed by atoms with Crippen LogP contribution in [0.1, 0.15) is 32.3 Å². The van der Waals surface area contributed by atoms with Crippen LogP contribution in [0.4, 0.5) is 11.6 Å². The predicted molar refractivity (Wildman–Crippen MR) is 107 cm³/mol. The number of fused-ring (bicyclic) bond motifs is 1. The lowest BCUT2D eigenvalue weighted by atomic mass is 9.92. The van der Waals surface area contributed by atoms with E-state index >= 15 is 0 Å². The van der Waals surface area contributed by atoms with Crippen molar-refractivity contribution in [1.82, 2.24) is 25.1 Å². The molecule has 3 aromatic rings. The average molecular weight is 363 g/mol. The lowest BCUT2D eigenvalue weighted by Gasteiger charge is -2.40. The first-order chi connectivity index (χ1) is 12.9. The minimum Gasteiger partial charge on any atom is -0.369 e. The standard InChI is InChI=1S/C20H25N7/c1-13-23-18-15(6-5-9-21-18)19(24-13)22-10-14-11-27(12-14)17-8-7-16(25-26-17)20(2,3)4/h5-9,14H,10-12H2,1-4H3,(H,21,22,23,24). The maximum atomic E-state index is 4.54. The van der Waals surface area contributed by atoms with Crippen molar-refractivity contribution in [3.05, 3.63) is 42.0 Å². The van der Waals surface area contributed by atoms with Crippen LogP contribution in [0.25, 0.3) is 11.0 Å². The van der Waals surface area contributed by atoms with E-state index in [0.29, 0.717) is 5.92 Å². The van der Waals surface area contributed by atoms with Gasteiger partial charge < -0.3 is 10.2 Å². The van der Waals surface area contributed by atoms with Gasteiger partial charge in [0.1, 0.15) is 11.6 Å². The van der Waals surface area contributed by atoms with E-state index in [1.165, 1.54) is 0 Å². The second kappa shape index (κ2) is 6.72. The van der Waals surface area contributed by atoms with Crippen molar-refractivity contribution in [1.29, 1.82) is 0 Å². The zero-order chi connectivity index (χ0) is 19.0. The maximum absolute atomic E-state index is 4.54. The smallest absolute Gasteiger partial charge is 0.164 e. The molecule has 0 amide bonds. The highest BCUT2D eigenvalue weighted by atomic mass is 15.3. The van der Waals surface area contributed by atoms with Gasteiger partial charge in [0, 0.05) is 37.2 Å². The van der Waals surface area contributed by atoms with Gasteiger partial charge in [0.25, 0.3) is 0 Å². The van der Waals surface area contributed by atoms with Crippen molar-refractivity contribution in [3.63, 3.8) is 0 Å². The molecule has 0 aliphatic carbocycles. The van der Waals surface area contributed by atoms with Crippen molar-refractivity contribution in [2.75, 3.05) is 29.9 Å². The van der Waals surface area contributed by atoms with Gasteiger partial charge in [-0.1, -0.05) is 20.8 Å². The highest BCUT2D eigenvalue weighted by Gasteiger charge is 2.28. The van der Waals surface area contributed by atoms with Crippen LogP contribution in [0.15, 0.2) is 30.5 Å². The highest BCUT2D eigenvalue weighted by molar-refractivity contribution is 5.86. The molecule has 0 spiro atoms. The van der Waals surface area contributed by atoms with Crippen LogP contribution < -0.4 is 10.2 Å². The van der Waals surface area contributed by atoms with E-state index in [0.717, 1.165) is 53.8 Å². The number of nitrogens with zero attached hydrogens (tertiary/aromatic N) is 6. The van der Waals surface area contributed by atoms with Crippen LogP contribution in [0.2, 0.25) is 0 Å². The van der Waals surface area contributed by atoms with E-state index < -0.39 is 0 Å². The van der Waals surface area contributed by atoms with Crippen molar-refractivity contribution in [2.24, 2.45) is 5.92 Å². The molecule has 0 unspecified atom stereocenters. The Balaban J connectivity index is 1.36. The number of pyridine rings is 1. The molecule has 7 heteroatoms. The molecular formula is C20H25N7. The number of nitrogens with one attached hydrogen (secondary N) is 1. The largest absolute Gasteiger partial charge is 0.369 e. The number of anilines is 2. The number of aryl methyl sites for hydroxylation is 1. The molecule has 4 heterocycles. The summed E-state index contributed by atoms with van der Waals surface area (Å²) < 4.78 is 0. The predicted octanol–water partition coefficient (Wildman–Crippen LogP) is 2.97. The summed E-state index contributed by atoms with van der Waals surface area (Å²) in [5.41, 5.74) is 1.78. The zero-order valence-corrected chi connectivity index (χ0v) is 16.3. The van der Waals surface area contributed by atoms with E-state index in [-0.39, 0.29) is 5.41 Å². The molecule has 3 aromatic heterocycles. The second-order valence-electron chi connectivity index (χ2n) is 8.17. The molecule has 27 heavy (non-hydrogen) atoms. The molecular weight excluding hydrogens is 338 g/mol. The molecule has 7 nitrogen and oxygen atoms in total. The Hall–Kier alpha value is -2.83. The zero-order valence-electron chi connectivity index (χ0n) is 16.3. The molecule has 1 aliphatic heterocycles. The van der Waals surface area contributed by atoms with Gasteiger partial charge >= 0.3 is 0 Å². The van der Waals surface area contributed by atoms with E-state index in [9.17, 15) is 0 Å². The maximum Gasteiger partial charge on any atom is 0.164 e. The third-order valence-electron chi connectivity index (χ3n) is 4.84. The summed E-state index contributed by atoms with van der Waals surface area (Å²) >= 11 is 0. The summed E-state index contributed by atoms with van der Waals surface area (Å²) in [5.74, 6) is 3.09. The first-order valence-corrected chi connectivity index (χ1v) is 9.32. The molecule has 1 fully saturated rings. The molecule has 140 valence electrons. The normalized spacial score (nSPS) is 15.0. The Kier molecular flexibility index (Phi) is 4.37. The van der Waals surface area contributed by atoms with Crippen LogP contribution >= 0.6 is 0 Å². The van der Waals surface area contributed by atoms with Crippen molar-refractivity contribution in [3.8, 4) is 0 Å². The van der Waals surface area contributed by atoms with Crippen LogP contribution in [-0.2, 0) is 5.41 Å². The number of hydrogen-bond acceptors (Lipinski definition) is 7. The summed E-state index contributed by atoms with van der Waals surface area (Å²) in [4.78, 5) is 15.5. The summed E-state index contributed by atoms with van der Waals surface area (Å²) in [6, 6.07) is 8.07. The molecule has 0 saturated carbocycles. The summed E-state index contributed by atoms with van der Waals surface area (Å²) in [6.45, 7) is 11.1. The van der Waals surface area contributed by atoms with Crippen LogP contribution in [-0.4, -0.2) is 44.8 Å². The number of aromatic nitrogens is 5. The number of rotatable bonds is 4. The lowest BCUT2D eigenvalue weighted by Crippen LogP contribution is -2.50. The topological polar surface area (TPSA) is 79.7 Å². The van der Waals surface area contributed by atoms with Gasteiger partial charge in [-0.05, 0) is 31.2 Å². The Morgan fingerprint density at radius 3 is 2.63 bits per heavy atom. The lowest BCUT2D eigenvalue weighted by molar-refractivity contribution is 0.424. The van der Waals surface area contributed by atoms with Gasteiger partial charge in [0.05, 0.1) is 11.1 Å². The summed E-state index contributed by atoms with van der Waals surface area (Å²) in [7, 11) is 0. The Morgan fingerprint density at radius 1 is 1.11 bits per heavy atom. The van der Waals surface area contributed by atoms with Crippen molar-refractivity contribution < 1.29 is 0 Å². The van der Waals surface area contributed by atoms with E-state index in [1.807, 2.05) is 19.1 Å². The molecule has 0 atom stereocenters. The van der Waals surface area contributed by atoms with Gasteiger partial charge in [0.2, 0.25) is 0 Å². The average Bonchev–Trinajstić information content (AvgIpc) is 2.59. The number of hydrogen-bond donors (Lipinski definition) is 1. The Labute approximate surface area is 159 Å². The van der Waals surface area contributed by atoms with Gasteiger partial charge in [0.15, 0.2) is 11.5 Å². The van der Waals surface area contributed by atoms with Gasteiger partial charge in [-0.25, -0.2) is 15.0 Å². The Morgan fingerprint density at radius 2 is 1.93 bits per heavy atom. The SMILES string of the molecule is Cc1nc(NCC2CN(c3ccc(C(C)(C)C)nn3)C2)c2cccnc2n1. The molecule has 4 rings (SSSR count). The third kappa shape index (κ3) is 3.67. The molecule has 1 N–H and O–H groups in total. The molecule has 0 aromatic carbocycles. The highest BCUT2D eigenvalue weighted by Crippen LogP contribution is 2.26. The Bertz CT molecular complexity index is 941. The first kappa shape index (κ1) is 17.6. The van der Waals surface area contributed by atoms with Crippen LogP contribution in [0.3, 0.4) is 0 Å². The van der Waals surface area contributed by atoms with E-state index in [2.05, 4.69) is 68.3 Å². The fourth-order valence-electron chi connectivity index (χ4n) is 3.23. The summed E-state index contributed by atoms with van der Waals surface area (Å²) in [6.07, 6.45) is 1.76. The minimum atomic E-state index is 0.0280. The van der Waals surface area contributed by atoms with Crippen LogP contribution in [0, 0.1) is 12.8 Å². The van der Waals surface area contributed by atoms with Gasteiger partial charge in [-0.3, -0.25) is 0 Å². The van der Waals surface area contributed by atoms with E-state index in [1.54, 1.807) is 6.20 Å². The molecule has 1 saturated heterocycles. The van der Waals surface area contributed by atoms with Crippen molar-refractivity contribution >= 4 is 22.7 Å². The van der Waals surface area contributed by atoms with Crippen LogP contribution in [0.5, 0.6) is 0 Å². The second-order valence-corrected chi connectivity index (χ2v) is 8.17. The monoisotopic (exact) mass is 363 g/mol. The third-order valence-corrected chi connectivity index (χ3v) is 4.84. The first-order valence-electron chi connectivity index (χ1n) is 9.32. The molecule has 0 radical (unpaired) electrons. The fourth-order valence-corrected chi connectivity index (χ4v) is 3.23. The summed E-state index contributed by atoms with van der Waals surface area (Å²) in [5, 5.41) is 13.2. The van der Waals surface area contributed by atoms with Gasteiger partial charge in [-0.2, -0.15) is 5.10 Å². The van der Waals surface area contributed by atoms with Gasteiger partial charge in [-0.15, -0.1) is 5.10 Å². The minimum absolute atomic E-state index is 0.0280.